The van der Waals surface area contributed by atoms with Crippen LogP contribution >= 0.6 is 11.8 Å². The molecule has 3 rings (SSSR count). The van der Waals surface area contributed by atoms with Gasteiger partial charge in [0.25, 0.3) is 5.95 Å². The largest absolute Gasteiger partial charge is 0.494 e. The Morgan fingerprint density at radius 1 is 0.617 bits per heavy atom. The number of esters is 3. The first kappa shape index (κ1) is 36.2. The molecule has 0 spiro atoms. The minimum absolute atomic E-state index is 0.0321. The molecule has 0 radical (unpaired) electrons. The highest BCUT2D eigenvalue weighted by Gasteiger charge is 2.10. The standard InChI is InChI=1S/C36H36O10S/c1-3-31(37)43-25-7-5-23-41-29-15-9-27(10-16-29)13-19-33(39)45-35-21-22-36(46-35)47-34(40)20-14-28-11-17-30(18-12-28)42-24-6-8-26-44-32(38)4-2/h3-4,9-22H,1-2,5-8,23-26H2. The van der Waals surface area contributed by atoms with Gasteiger partial charge >= 0.3 is 17.9 Å². The zero-order valence-corrected chi connectivity index (χ0v) is 26.6. The van der Waals surface area contributed by atoms with Gasteiger partial charge in [-0.25, -0.2) is 14.4 Å². The molecule has 0 aliphatic rings. The molecule has 0 aliphatic carbocycles. The molecule has 0 saturated carbocycles. The summed E-state index contributed by atoms with van der Waals surface area (Å²) in [6.45, 7) is 8.29. The molecule has 246 valence electrons. The predicted octanol–water partition coefficient (Wildman–Crippen LogP) is 7.01. The fraction of sp³-hybridized carbons (Fsp3) is 0.222. The average Bonchev–Trinajstić information content (AvgIpc) is 3.52. The van der Waals surface area contributed by atoms with E-state index in [0.717, 1.165) is 47.9 Å². The molecule has 1 heterocycles. The Hall–Kier alpha value is -5.29. The van der Waals surface area contributed by atoms with Crippen LogP contribution in [-0.2, 0) is 28.7 Å². The third-order valence-electron chi connectivity index (χ3n) is 5.98. The van der Waals surface area contributed by atoms with Gasteiger partial charge in [-0.05, 0) is 91.1 Å². The van der Waals surface area contributed by atoms with Crippen LogP contribution in [0, 0.1) is 0 Å². The van der Waals surface area contributed by atoms with E-state index in [2.05, 4.69) is 13.2 Å². The number of carbonyl (C=O) groups is 4. The molecular weight excluding hydrogens is 624 g/mol. The summed E-state index contributed by atoms with van der Waals surface area (Å²) < 4.78 is 31.8. The minimum Gasteiger partial charge on any atom is -0.494 e. The lowest BCUT2D eigenvalue weighted by atomic mass is 10.2. The number of hydrogen-bond acceptors (Lipinski definition) is 11. The van der Waals surface area contributed by atoms with E-state index in [0.29, 0.717) is 50.8 Å². The summed E-state index contributed by atoms with van der Waals surface area (Å²) in [5.74, 6) is -0.178. The highest BCUT2D eigenvalue weighted by Crippen LogP contribution is 2.27. The predicted molar refractivity (Wildman–Crippen MR) is 178 cm³/mol. The second-order valence-electron chi connectivity index (χ2n) is 9.57. The number of benzene rings is 2. The Kier molecular flexibility index (Phi) is 15.9. The van der Waals surface area contributed by atoms with Gasteiger partial charge in [-0.1, -0.05) is 43.5 Å². The van der Waals surface area contributed by atoms with Crippen molar-refractivity contribution in [2.24, 2.45) is 0 Å². The van der Waals surface area contributed by atoms with E-state index in [9.17, 15) is 19.2 Å². The molecule has 11 heteroatoms. The van der Waals surface area contributed by atoms with E-state index in [-0.39, 0.29) is 16.2 Å². The van der Waals surface area contributed by atoms with Gasteiger partial charge in [0, 0.05) is 24.3 Å². The lowest BCUT2D eigenvalue weighted by molar-refractivity contribution is -0.138. The van der Waals surface area contributed by atoms with Gasteiger partial charge in [0.1, 0.15) is 11.5 Å². The van der Waals surface area contributed by atoms with Crippen LogP contribution in [-0.4, -0.2) is 49.5 Å². The van der Waals surface area contributed by atoms with E-state index in [4.69, 9.17) is 28.1 Å². The average molecular weight is 661 g/mol. The highest BCUT2D eigenvalue weighted by molar-refractivity contribution is 8.13. The molecule has 47 heavy (non-hydrogen) atoms. The molecular formula is C36H36O10S. The molecule has 0 aliphatic heterocycles. The zero-order valence-electron chi connectivity index (χ0n) is 25.8. The Morgan fingerprint density at radius 2 is 1.11 bits per heavy atom. The van der Waals surface area contributed by atoms with Crippen molar-refractivity contribution < 1.29 is 47.3 Å². The molecule has 0 amide bonds. The molecule has 2 aromatic carbocycles. The van der Waals surface area contributed by atoms with Gasteiger partial charge in [-0.3, -0.25) is 4.79 Å². The number of hydrogen-bond donors (Lipinski definition) is 0. The third-order valence-corrected chi connectivity index (χ3v) is 6.74. The van der Waals surface area contributed by atoms with Crippen molar-refractivity contribution >= 4 is 46.9 Å². The molecule has 0 bridgehead atoms. The number of furan rings is 1. The highest BCUT2D eigenvalue weighted by atomic mass is 32.2. The van der Waals surface area contributed by atoms with Crippen molar-refractivity contribution in [3.63, 3.8) is 0 Å². The van der Waals surface area contributed by atoms with Crippen molar-refractivity contribution in [2.45, 2.75) is 30.8 Å². The van der Waals surface area contributed by atoms with Crippen molar-refractivity contribution in [1.29, 1.82) is 0 Å². The second kappa shape index (κ2) is 20.7. The van der Waals surface area contributed by atoms with Crippen LogP contribution in [0.1, 0.15) is 36.8 Å². The fourth-order valence-corrected chi connectivity index (χ4v) is 4.20. The third kappa shape index (κ3) is 15.0. The van der Waals surface area contributed by atoms with Crippen molar-refractivity contribution in [1.82, 2.24) is 0 Å². The van der Waals surface area contributed by atoms with Crippen LogP contribution < -0.4 is 14.2 Å². The Labute approximate surface area is 277 Å². The summed E-state index contributed by atoms with van der Waals surface area (Å²) in [4.78, 5) is 46.6. The Balaban J connectivity index is 1.33. The van der Waals surface area contributed by atoms with Crippen LogP contribution in [0.5, 0.6) is 17.4 Å². The molecule has 0 N–H and O–H groups in total. The van der Waals surface area contributed by atoms with Gasteiger partial charge in [-0.2, -0.15) is 0 Å². The maximum atomic E-state index is 12.4. The zero-order chi connectivity index (χ0) is 33.7. The number of unbranched alkanes of at least 4 members (excludes halogenated alkanes) is 2. The number of carbonyl (C=O) groups excluding carboxylic acids is 4. The monoisotopic (exact) mass is 660 g/mol. The summed E-state index contributed by atoms with van der Waals surface area (Å²) >= 11 is 0.859. The summed E-state index contributed by atoms with van der Waals surface area (Å²) in [6, 6.07) is 17.4. The molecule has 0 saturated heterocycles. The smallest absolute Gasteiger partial charge is 0.338 e. The lowest BCUT2D eigenvalue weighted by Crippen LogP contribution is -2.04. The van der Waals surface area contributed by atoms with E-state index in [1.54, 1.807) is 54.6 Å². The molecule has 0 atom stereocenters. The van der Waals surface area contributed by atoms with E-state index in [1.807, 2.05) is 12.1 Å². The van der Waals surface area contributed by atoms with Crippen LogP contribution in [0.25, 0.3) is 12.2 Å². The topological polar surface area (TPSA) is 128 Å². The Bertz CT molecular complexity index is 1420. The van der Waals surface area contributed by atoms with Gasteiger partial charge in [0.15, 0.2) is 5.09 Å². The van der Waals surface area contributed by atoms with Crippen molar-refractivity contribution in [3.05, 3.63) is 109 Å². The first-order valence-electron chi connectivity index (χ1n) is 14.8. The first-order chi connectivity index (χ1) is 22.8. The van der Waals surface area contributed by atoms with E-state index in [1.165, 1.54) is 18.2 Å². The molecule has 3 aromatic rings. The summed E-state index contributed by atoms with van der Waals surface area (Å²) in [5.41, 5.74) is 1.58. The lowest BCUT2D eigenvalue weighted by Gasteiger charge is -2.06. The van der Waals surface area contributed by atoms with Gasteiger partial charge in [0.2, 0.25) is 5.12 Å². The normalized spacial score (nSPS) is 10.8. The Morgan fingerprint density at radius 3 is 1.62 bits per heavy atom. The maximum Gasteiger partial charge on any atom is 0.338 e. The first-order valence-corrected chi connectivity index (χ1v) is 15.6. The molecule has 10 nitrogen and oxygen atoms in total. The van der Waals surface area contributed by atoms with Crippen LogP contribution in [0.15, 0.2) is 108 Å². The summed E-state index contributed by atoms with van der Waals surface area (Å²) in [5, 5.41) is 0.0128. The molecule has 0 unspecified atom stereocenters. The van der Waals surface area contributed by atoms with Crippen LogP contribution in [0.2, 0.25) is 0 Å². The molecule has 0 fully saturated rings. The number of rotatable bonds is 20. The SMILES string of the molecule is C=CC(=O)OCCCCOc1ccc(C=CC(=O)Oc2ccc(SC(=O)C=Cc3ccc(OCCCCOC(=O)C=C)cc3)o2)cc1. The van der Waals surface area contributed by atoms with Crippen molar-refractivity contribution in [3.8, 4) is 17.4 Å². The second-order valence-corrected chi connectivity index (χ2v) is 10.6. The summed E-state index contributed by atoms with van der Waals surface area (Å²) in [7, 11) is 0. The number of ether oxygens (including phenoxy) is 5. The van der Waals surface area contributed by atoms with Crippen LogP contribution in [0.4, 0.5) is 0 Å². The van der Waals surface area contributed by atoms with E-state index >= 15 is 0 Å². The van der Waals surface area contributed by atoms with Gasteiger partial charge in [0.05, 0.1) is 26.4 Å². The number of thioether (sulfide) groups is 1. The van der Waals surface area contributed by atoms with Gasteiger partial charge in [-0.15, -0.1) is 0 Å². The van der Waals surface area contributed by atoms with Crippen LogP contribution in [0.3, 0.4) is 0 Å². The minimum atomic E-state index is -0.638. The summed E-state index contributed by atoms with van der Waals surface area (Å²) in [6.07, 6.45) is 11.0. The van der Waals surface area contributed by atoms with Gasteiger partial charge < -0.3 is 28.1 Å². The van der Waals surface area contributed by atoms with Crippen molar-refractivity contribution in [2.75, 3.05) is 26.4 Å². The fourth-order valence-electron chi connectivity index (χ4n) is 3.61. The molecule has 1 aromatic heterocycles. The van der Waals surface area contributed by atoms with E-state index < -0.39 is 17.9 Å². The quantitative estimate of drug-likeness (QED) is 0.0537. The maximum absolute atomic E-state index is 12.4.